The van der Waals surface area contributed by atoms with Gasteiger partial charge in [-0.1, -0.05) is 92.0 Å². The zero-order chi connectivity index (χ0) is 32.0. The minimum atomic E-state index is -0.580. The van der Waals surface area contributed by atoms with E-state index in [2.05, 4.69) is 51.5 Å². The Balaban J connectivity index is 0.000000340. The summed E-state index contributed by atoms with van der Waals surface area (Å²) in [5.41, 5.74) is 2.53. The summed E-state index contributed by atoms with van der Waals surface area (Å²) < 4.78 is 19.1. The first kappa shape index (κ1) is 33.9. The molecule has 9 heteroatoms. The van der Waals surface area contributed by atoms with Gasteiger partial charge in [0.1, 0.15) is 16.8 Å². The van der Waals surface area contributed by atoms with Crippen molar-refractivity contribution >= 4 is 22.0 Å². The maximum Gasteiger partial charge on any atom is 0.407 e. The number of nitrogens with zero attached hydrogens (tertiary/aromatic N) is 2. The maximum absolute atomic E-state index is 12.5. The summed E-state index contributed by atoms with van der Waals surface area (Å²) in [5.74, 6) is 0.691. The molecule has 0 spiro atoms. The zero-order valence-electron chi connectivity index (χ0n) is 25.3. The lowest BCUT2D eigenvalue weighted by molar-refractivity contribution is 0.0526. The third kappa shape index (κ3) is 10.9. The van der Waals surface area contributed by atoms with Crippen LogP contribution in [-0.4, -0.2) is 27.8 Å². The van der Waals surface area contributed by atoms with E-state index in [1.807, 2.05) is 60.7 Å². The number of nitrogens with one attached hydrogen (secondary N) is 1. The summed E-state index contributed by atoms with van der Waals surface area (Å²) in [6.45, 7) is 13.7. The van der Waals surface area contributed by atoms with Gasteiger partial charge in [0.15, 0.2) is 5.82 Å². The summed E-state index contributed by atoms with van der Waals surface area (Å²) in [7, 11) is 0. The minimum Gasteiger partial charge on any atom is -0.481 e. The second kappa shape index (κ2) is 16.9. The summed E-state index contributed by atoms with van der Waals surface area (Å²) in [6.07, 6.45) is 8.96. The number of carbonyl (C=O) groups excluding carboxylic acids is 1. The van der Waals surface area contributed by atoms with Crippen LogP contribution in [0.3, 0.4) is 0 Å². The average molecular weight is 661 g/mol. The van der Waals surface area contributed by atoms with Crippen LogP contribution in [-0.2, 0) is 24.3 Å². The molecule has 0 bridgehead atoms. The number of imidazole rings is 1. The lowest BCUT2D eigenvalue weighted by atomic mass is 10.1. The summed E-state index contributed by atoms with van der Waals surface area (Å²) in [6, 6.07) is 21.2. The lowest BCUT2D eigenvalue weighted by Crippen LogP contribution is -2.34. The molecule has 0 aliphatic carbocycles. The van der Waals surface area contributed by atoms with Crippen molar-refractivity contribution in [2.45, 2.75) is 45.9 Å². The molecule has 0 unspecified atom stereocenters. The molecule has 0 saturated carbocycles. The number of ether oxygens (including phenoxy) is 2. The Morgan fingerprint density at radius 2 is 1.70 bits per heavy atom. The molecule has 0 aliphatic rings. The van der Waals surface area contributed by atoms with Crippen LogP contribution in [0.1, 0.15) is 31.9 Å². The van der Waals surface area contributed by atoms with Gasteiger partial charge in [-0.05, 0) is 59.8 Å². The molecule has 0 atom stereocenters. The van der Waals surface area contributed by atoms with Crippen molar-refractivity contribution in [3.05, 3.63) is 142 Å². The van der Waals surface area contributed by atoms with Crippen LogP contribution in [0.2, 0.25) is 0 Å². The molecular weight excluding hydrogens is 622 g/mol. The summed E-state index contributed by atoms with van der Waals surface area (Å²) in [5, 5.41) is 2.70. The van der Waals surface area contributed by atoms with Crippen molar-refractivity contribution in [2.75, 3.05) is 6.54 Å². The fraction of sp³-hybridized carbons (Fsp3) is 0.229. The molecule has 8 nitrogen and oxygen atoms in total. The number of hydrogen-bond donors (Lipinski definition) is 1. The van der Waals surface area contributed by atoms with Crippen LogP contribution in [0.15, 0.2) is 130 Å². The zero-order valence-corrected chi connectivity index (χ0v) is 26.9. The Hall–Kier alpha value is -4.63. The van der Waals surface area contributed by atoms with Crippen molar-refractivity contribution < 1.29 is 18.7 Å². The van der Waals surface area contributed by atoms with Crippen LogP contribution >= 0.6 is 15.9 Å². The van der Waals surface area contributed by atoms with Gasteiger partial charge in [-0.15, -0.1) is 0 Å². The highest BCUT2D eigenvalue weighted by Gasteiger charge is 2.21. The van der Waals surface area contributed by atoms with Crippen molar-refractivity contribution in [1.29, 1.82) is 0 Å². The lowest BCUT2D eigenvalue weighted by Gasteiger charge is -2.20. The van der Waals surface area contributed by atoms with E-state index < -0.39 is 11.7 Å². The molecule has 4 aromatic rings. The molecule has 1 N–H and O–H groups in total. The fourth-order valence-corrected chi connectivity index (χ4v) is 4.39. The van der Waals surface area contributed by atoms with E-state index in [0.29, 0.717) is 17.0 Å². The molecule has 44 heavy (non-hydrogen) atoms. The van der Waals surface area contributed by atoms with E-state index in [9.17, 15) is 9.59 Å². The average Bonchev–Trinajstić information content (AvgIpc) is 3.36. The molecule has 0 saturated heterocycles. The van der Waals surface area contributed by atoms with Crippen molar-refractivity contribution in [3.8, 4) is 17.3 Å². The van der Waals surface area contributed by atoms with Gasteiger partial charge in [-0.3, -0.25) is 4.79 Å². The second-order valence-corrected chi connectivity index (χ2v) is 11.4. The molecular formula is C35H38BrN3O5. The van der Waals surface area contributed by atoms with Gasteiger partial charge in [-0.25, -0.2) is 9.78 Å². The van der Waals surface area contributed by atoms with Crippen molar-refractivity contribution in [2.24, 2.45) is 0 Å². The van der Waals surface area contributed by atoms with Gasteiger partial charge in [0.2, 0.25) is 16.9 Å². The smallest absolute Gasteiger partial charge is 0.407 e. The number of aromatic nitrogens is 2. The Labute approximate surface area is 266 Å². The number of allylic oxidation sites excluding steroid dienone is 4. The highest BCUT2D eigenvalue weighted by atomic mass is 79.9. The largest absolute Gasteiger partial charge is 0.481 e. The second-order valence-electron chi connectivity index (χ2n) is 10.5. The van der Waals surface area contributed by atoms with E-state index in [4.69, 9.17) is 13.9 Å². The topological polar surface area (TPSA) is 95.6 Å². The first-order valence-corrected chi connectivity index (χ1v) is 14.8. The highest BCUT2D eigenvalue weighted by Crippen LogP contribution is 2.29. The molecule has 4 rings (SSSR count). The quantitative estimate of drug-likeness (QED) is 0.165. The predicted octanol–water partition coefficient (Wildman–Crippen LogP) is 7.90. The van der Waals surface area contributed by atoms with E-state index in [1.165, 1.54) is 23.5 Å². The molecule has 0 aliphatic heterocycles. The molecule has 0 fully saturated rings. The molecule has 230 valence electrons. The van der Waals surface area contributed by atoms with Crippen LogP contribution in [0.25, 0.3) is 11.6 Å². The van der Waals surface area contributed by atoms with Gasteiger partial charge >= 0.3 is 6.09 Å². The Morgan fingerprint density at radius 3 is 2.32 bits per heavy atom. The monoisotopic (exact) mass is 659 g/mol. The van der Waals surface area contributed by atoms with Crippen molar-refractivity contribution in [3.63, 3.8) is 0 Å². The standard InChI is InChI=1S/C22H24BrN3O5.C13H14/c1-22(2,3)31-21(28)24-10-11-26-17(23)13-25-20(26)19-18(16(27)9-12-29-19)30-14-15-7-5-4-6-8-15;1-3-8-12(4-2)11-13-9-6-5-7-10-13/h4-9,12-13H,10-11,14H2,1-3H3,(H,24,28);3-10H,1-2,11H2/b;12-8+. The molecule has 2 aromatic carbocycles. The number of amides is 1. The summed E-state index contributed by atoms with van der Waals surface area (Å²) in [4.78, 5) is 28.7. The van der Waals surface area contributed by atoms with E-state index >= 15 is 0 Å². The highest BCUT2D eigenvalue weighted by molar-refractivity contribution is 9.10. The van der Waals surface area contributed by atoms with Crippen LogP contribution in [0, 0.1) is 0 Å². The third-order valence-electron chi connectivity index (χ3n) is 5.92. The van der Waals surface area contributed by atoms with Crippen molar-refractivity contribution in [1.82, 2.24) is 14.9 Å². The third-order valence-corrected chi connectivity index (χ3v) is 6.55. The van der Waals surface area contributed by atoms with Gasteiger partial charge < -0.3 is 23.8 Å². The van der Waals surface area contributed by atoms with Gasteiger partial charge in [0, 0.05) is 19.2 Å². The van der Waals surface area contributed by atoms with E-state index in [0.717, 1.165) is 12.0 Å². The first-order chi connectivity index (χ1) is 21.1. The van der Waals surface area contributed by atoms with E-state index in [-0.39, 0.29) is 30.1 Å². The fourth-order valence-electron chi connectivity index (χ4n) is 3.94. The Morgan fingerprint density at radius 1 is 1.05 bits per heavy atom. The number of hydrogen-bond acceptors (Lipinski definition) is 6. The van der Waals surface area contributed by atoms with Crippen LogP contribution in [0.5, 0.6) is 5.75 Å². The van der Waals surface area contributed by atoms with Gasteiger partial charge in [0.05, 0.1) is 12.5 Å². The predicted molar refractivity (Wildman–Crippen MR) is 178 cm³/mol. The number of carbonyl (C=O) groups is 1. The van der Waals surface area contributed by atoms with Gasteiger partial charge in [0.25, 0.3) is 0 Å². The molecule has 1 amide bonds. The molecule has 2 heterocycles. The Kier molecular flexibility index (Phi) is 13.0. The van der Waals surface area contributed by atoms with Crippen LogP contribution < -0.4 is 15.5 Å². The minimum absolute atomic E-state index is 0.0748. The van der Waals surface area contributed by atoms with Crippen LogP contribution in [0.4, 0.5) is 4.79 Å². The number of benzene rings is 2. The van der Waals surface area contributed by atoms with Gasteiger partial charge in [-0.2, -0.15) is 0 Å². The number of halogens is 1. The molecule has 0 radical (unpaired) electrons. The normalized spacial score (nSPS) is 11.1. The Bertz CT molecular complexity index is 1600. The number of alkyl carbamates (subject to hydrolysis) is 1. The first-order valence-electron chi connectivity index (χ1n) is 14.1. The summed E-state index contributed by atoms with van der Waals surface area (Å²) >= 11 is 3.45. The molecule has 2 aromatic heterocycles. The maximum atomic E-state index is 12.5. The van der Waals surface area contributed by atoms with E-state index in [1.54, 1.807) is 37.6 Å². The number of rotatable bonds is 11. The SMILES string of the molecule is C=C/C=C(\C=C)Cc1ccccc1.CC(C)(C)OC(=O)NCCn1c(Br)cnc1-c1occc(=O)c1OCc1ccccc1.